The van der Waals surface area contributed by atoms with Gasteiger partial charge < -0.3 is 19.7 Å². The monoisotopic (exact) mass is 470 g/mol. The summed E-state index contributed by atoms with van der Waals surface area (Å²) in [7, 11) is 2.18. The van der Waals surface area contributed by atoms with Crippen molar-refractivity contribution in [1.29, 1.82) is 0 Å². The van der Waals surface area contributed by atoms with E-state index in [0.29, 0.717) is 6.54 Å². The van der Waals surface area contributed by atoms with Crippen LogP contribution in [0.1, 0.15) is 34.7 Å². The van der Waals surface area contributed by atoms with Gasteiger partial charge >= 0.3 is 6.03 Å². The molecule has 150 valence electrons. The SMILES string of the molecule is CC1c2cccn2-c2sc3c(c2CN1C(=O)Nc1ccccc1Br)CCN(C)C3. The number of hydrogen-bond donors (Lipinski definition) is 1. The van der Waals surface area contributed by atoms with Crippen molar-refractivity contribution in [2.24, 2.45) is 0 Å². The zero-order chi connectivity index (χ0) is 20.1. The van der Waals surface area contributed by atoms with Gasteiger partial charge in [0.15, 0.2) is 0 Å². The molecule has 1 atom stereocenters. The molecule has 0 fully saturated rings. The fourth-order valence-corrected chi connectivity index (χ4v) is 6.15. The lowest BCUT2D eigenvalue weighted by Crippen LogP contribution is -2.36. The molecular weight excluding hydrogens is 448 g/mol. The summed E-state index contributed by atoms with van der Waals surface area (Å²) in [5.74, 6) is 0. The van der Waals surface area contributed by atoms with Crippen LogP contribution in [-0.4, -0.2) is 34.0 Å². The molecule has 1 N–H and O–H groups in total. The highest BCUT2D eigenvalue weighted by Gasteiger charge is 2.33. The first-order chi connectivity index (χ1) is 14.0. The Bertz CT molecular complexity index is 1090. The first kappa shape index (κ1) is 18.9. The summed E-state index contributed by atoms with van der Waals surface area (Å²) in [6.45, 7) is 4.79. The zero-order valence-corrected chi connectivity index (χ0v) is 18.9. The molecule has 2 aliphatic rings. The van der Waals surface area contributed by atoms with Crippen molar-refractivity contribution in [2.75, 3.05) is 18.9 Å². The fourth-order valence-electron chi connectivity index (χ4n) is 4.32. The van der Waals surface area contributed by atoms with E-state index < -0.39 is 0 Å². The van der Waals surface area contributed by atoms with Crippen LogP contribution in [0.4, 0.5) is 10.5 Å². The Labute approximate surface area is 183 Å². The molecular formula is C22H23BrN4OS. The summed E-state index contributed by atoms with van der Waals surface area (Å²) in [5, 5.41) is 4.37. The Morgan fingerprint density at radius 1 is 1.17 bits per heavy atom. The molecule has 0 spiro atoms. The first-order valence-electron chi connectivity index (χ1n) is 9.84. The van der Waals surface area contributed by atoms with Gasteiger partial charge in [0.1, 0.15) is 5.00 Å². The van der Waals surface area contributed by atoms with Gasteiger partial charge in [-0.3, -0.25) is 0 Å². The number of aromatic nitrogens is 1. The summed E-state index contributed by atoms with van der Waals surface area (Å²) in [6, 6.07) is 11.9. The number of para-hydroxylation sites is 1. The van der Waals surface area contributed by atoms with Crippen molar-refractivity contribution >= 4 is 39.0 Å². The van der Waals surface area contributed by atoms with Gasteiger partial charge in [-0.25, -0.2) is 4.79 Å². The van der Waals surface area contributed by atoms with Crippen LogP contribution in [0.5, 0.6) is 0 Å². The van der Waals surface area contributed by atoms with Gasteiger partial charge in [0.2, 0.25) is 0 Å². The molecule has 5 nitrogen and oxygen atoms in total. The van der Waals surface area contributed by atoms with Crippen molar-refractivity contribution in [2.45, 2.75) is 32.5 Å². The lowest BCUT2D eigenvalue weighted by atomic mass is 10.0. The number of likely N-dealkylation sites (N-methyl/N-ethyl adjacent to an activating group) is 1. The molecule has 1 unspecified atom stereocenters. The van der Waals surface area contributed by atoms with Gasteiger partial charge in [0, 0.05) is 39.9 Å². The minimum Gasteiger partial charge on any atom is -0.312 e. The number of carbonyl (C=O) groups is 1. The third kappa shape index (κ3) is 3.21. The summed E-state index contributed by atoms with van der Waals surface area (Å²) in [6.07, 6.45) is 3.17. The number of halogens is 1. The van der Waals surface area contributed by atoms with Crippen LogP contribution in [0.25, 0.3) is 5.00 Å². The number of urea groups is 1. The summed E-state index contributed by atoms with van der Waals surface area (Å²) < 4.78 is 3.17. The van der Waals surface area contributed by atoms with Gasteiger partial charge in [-0.15, -0.1) is 11.3 Å². The Balaban J connectivity index is 1.56. The predicted octanol–water partition coefficient (Wildman–Crippen LogP) is 5.40. The van der Waals surface area contributed by atoms with E-state index in [1.54, 1.807) is 0 Å². The third-order valence-electron chi connectivity index (χ3n) is 5.94. The van der Waals surface area contributed by atoms with Crippen LogP contribution in [0.15, 0.2) is 47.1 Å². The van der Waals surface area contributed by atoms with Crippen molar-refractivity contribution in [3.63, 3.8) is 0 Å². The molecule has 29 heavy (non-hydrogen) atoms. The Morgan fingerprint density at radius 3 is 2.83 bits per heavy atom. The average molecular weight is 471 g/mol. The van der Waals surface area contributed by atoms with Crippen molar-refractivity contribution in [3.8, 4) is 5.00 Å². The molecule has 2 aromatic heterocycles. The molecule has 0 saturated carbocycles. The molecule has 2 aliphatic heterocycles. The summed E-state index contributed by atoms with van der Waals surface area (Å²) in [5.41, 5.74) is 4.69. The highest BCUT2D eigenvalue weighted by Crippen LogP contribution is 2.41. The molecule has 0 radical (unpaired) electrons. The molecule has 1 aromatic carbocycles. The maximum absolute atomic E-state index is 13.3. The largest absolute Gasteiger partial charge is 0.322 e. The van der Waals surface area contributed by atoms with E-state index in [1.165, 1.54) is 21.0 Å². The van der Waals surface area contributed by atoms with Crippen LogP contribution in [0.3, 0.4) is 0 Å². The molecule has 0 saturated heterocycles. The normalized spacial score (nSPS) is 18.6. The first-order valence-corrected chi connectivity index (χ1v) is 11.5. The standard InChI is InChI=1S/C22H23BrN4OS/c1-14-19-8-5-10-26(19)21-16(15-9-11-25(2)13-20(15)29-21)12-27(14)22(28)24-18-7-4-3-6-17(18)23/h3-8,10,14H,9,11-13H2,1-2H3,(H,24,28). The van der Waals surface area contributed by atoms with Crippen molar-refractivity contribution in [1.82, 2.24) is 14.4 Å². The predicted molar refractivity (Wildman–Crippen MR) is 121 cm³/mol. The number of nitrogens with one attached hydrogen (secondary N) is 1. The smallest absolute Gasteiger partial charge is 0.312 e. The number of rotatable bonds is 1. The summed E-state index contributed by atoms with van der Waals surface area (Å²) in [4.78, 5) is 19.1. The van der Waals surface area contributed by atoms with Crippen LogP contribution in [0, 0.1) is 0 Å². The zero-order valence-electron chi connectivity index (χ0n) is 16.5. The molecule has 5 rings (SSSR count). The molecule has 4 heterocycles. The van der Waals surface area contributed by atoms with Gasteiger partial charge in [0.05, 0.1) is 18.3 Å². The Kier molecular flexibility index (Phi) is 4.76. The average Bonchev–Trinajstić information content (AvgIpc) is 3.29. The van der Waals surface area contributed by atoms with E-state index in [2.05, 4.69) is 63.0 Å². The van der Waals surface area contributed by atoms with Crippen LogP contribution in [0.2, 0.25) is 0 Å². The number of hydrogen-bond acceptors (Lipinski definition) is 3. The van der Waals surface area contributed by atoms with E-state index in [9.17, 15) is 4.79 Å². The van der Waals surface area contributed by atoms with Gasteiger partial charge in [-0.1, -0.05) is 12.1 Å². The van der Waals surface area contributed by atoms with Crippen LogP contribution < -0.4 is 5.32 Å². The molecule has 0 bridgehead atoms. The highest BCUT2D eigenvalue weighted by atomic mass is 79.9. The third-order valence-corrected chi connectivity index (χ3v) is 7.89. The topological polar surface area (TPSA) is 40.5 Å². The van der Waals surface area contributed by atoms with E-state index in [0.717, 1.165) is 35.4 Å². The van der Waals surface area contributed by atoms with E-state index in [-0.39, 0.29) is 12.1 Å². The van der Waals surface area contributed by atoms with E-state index in [4.69, 9.17) is 0 Å². The molecule has 2 amide bonds. The molecule has 0 aliphatic carbocycles. The number of benzene rings is 1. The van der Waals surface area contributed by atoms with Gasteiger partial charge in [0.25, 0.3) is 0 Å². The Morgan fingerprint density at radius 2 is 2.00 bits per heavy atom. The van der Waals surface area contributed by atoms with Crippen molar-refractivity contribution < 1.29 is 4.79 Å². The van der Waals surface area contributed by atoms with E-state index >= 15 is 0 Å². The van der Waals surface area contributed by atoms with Crippen LogP contribution >= 0.6 is 27.3 Å². The minimum absolute atomic E-state index is 0.0194. The maximum atomic E-state index is 13.3. The number of fused-ring (bicyclic) bond motifs is 5. The molecule has 3 aromatic rings. The van der Waals surface area contributed by atoms with Gasteiger partial charge in [-0.2, -0.15) is 0 Å². The lowest BCUT2D eigenvalue weighted by Gasteiger charge is -2.29. The number of amides is 2. The number of carbonyl (C=O) groups excluding carboxylic acids is 1. The van der Waals surface area contributed by atoms with Crippen molar-refractivity contribution in [3.05, 3.63) is 68.8 Å². The van der Waals surface area contributed by atoms with Crippen LogP contribution in [-0.2, 0) is 19.5 Å². The molecule has 7 heteroatoms. The van der Waals surface area contributed by atoms with E-state index in [1.807, 2.05) is 40.5 Å². The second kappa shape index (κ2) is 7.31. The minimum atomic E-state index is -0.0714. The maximum Gasteiger partial charge on any atom is 0.322 e. The number of thiophene rings is 1. The second-order valence-corrected chi connectivity index (χ2v) is 9.73. The fraction of sp³-hybridized carbons (Fsp3) is 0.318. The number of nitrogens with zero attached hydrogens (tertiary/aromatic N) is 3. The Hall–Kier alpha value is -2.09. The quantitative estimate of drug-likeness (QED) is 0.517. The lowest BCUT2D eigenvalue weighted by molar-refractivity contribution is 0.189. The summed E-state index contributed by atoms with van der Waals surface area (Å²) >= 11 is 5.41. The second-order valence-electron chi connectivity index (χ2n) is 7.79. The van der Waals surface area contributed by atoms with Gasteiger partial charge in [-0.05, 0) is 66.2 Å². The number of anilines is 1. The highest BCUT2D eigenvalue weighted by molar-refractivity contribution is 9.10.